The van der Waals surface area contributed by atoms with Gasteiger partial charge in [0.2, 0.25) is 0 Å². The molecule has 3 heteroatoms. The molecule has 1 aliphatic carbocycles. The largest absolute Gasteiger partial charge is 0.326 e. The Morgan fingerprint density at radius 3 is 2.41 bits per heavy atom. The first kappa shape index (κ1) is 12.3. The normalized spacial score (nSPS) is 25.8. The van der Waals surface area contributed by atoms with E-state index in [9.17, 15) is 4.79 Å². The van der Waals surface area contributed by atoms with Gasteiger partial charge < -0.3 is 4.98 Å². The van der Waals surface area contributed by atoms with Crippen LogP contribution in [-0.2, 0) is 0 Å². The van der Waals surface area contributed by atoms with Gasteiger partial charge in [-0.15, -0.1) is 0 Å². The zero-order valence-electron chi connectivity index (χ0n) is 11.0. The fourth-order valence-corrected chi connectivity index (χ4v) is 2.89. The van der Waals surface area contributed by atoms with E-state index in [-0.39, 0.29) is 5.56 Å². The molecule has 0 unspecified atom stereocenters. The van der Waals surface area contributed by atoms with Gasteiger partial charge in [-0.25, -0.2) is 0 Å². The van der Waals surface area contributed by atoms with Gasteiger partial charge in [-0.1, -0.05) is 20.8 Å². The van der Waals surface area contributed by atoms with E-state index in [1.54, 1.807) is 12.4 Å². The number of aromatic amines is 1. The maximum Gasteiger partial charge on any atom is 0.269 e. The summed E-state index contributed by atoms with van der Waals surface area (Å²) >= 11 is 0. The Hall–Kier alpha value is -1.12. The molecule has 0 radical (unpaired) electrons. The molecular weight excluding hydrogens is 212 g/mol. The van der Waals surface area contributed by atoms with Crippen molar-refractivity contribution in [2.45, 2.75) is 52.4 Å². The topological polar surface area (TPSA) is 45.8 Å². The molecule has 2 rings (SSSR count). The Morgan fingerprint density at radius 1 is 1.24 bits per heavy atom. The fraction of sp³-hybridized carbons (Fsp3) is 0.714. The Bertz CT molecular complexity index is 422. The van der Waals surface area contributed by atoms with Crippen LogP contribution in [0.15, 0.2) is 17.2 Å². The molecule has 0 spiro atoms. The summed E-state index contributed by atoms with van der Waals surface area (Å²) in [6.07, 6.45) is 7.91. The number of rotatable bonds is 1. The molecule has 0 bridgehead atoms. The monoisotopic (exact) mass is 234 g/mol. The minimum Gasteiger partial charge on any atom is -0.326 e. The summed E-state index contributed by atoms with van der Waals surface area (Å²) in [5, 5.41) is 0. The van der Waals surface area contributed by atoms with Crippen LogP contribution < -0.4 is 5.56 Å². The van der Waals surface area contributed by atoms with E-state index < -0.39 is 0 Å². The van der Waals surface area contributed by atoms with Crippen LogP contribution in [0.5, 0.6) is 0 Å². The van der Waals surface area contributed by atoms with Crippen molar-refractivity contribution in [1.82, 2.24) is 9.97 Å². The van der Waals surface area contributed by atoms with Gasteiger partial charge in [0.1, 0.15) is 5.69 Å². The molecule has 0 amide bonds. The van der Waals surface area contributed by atoms with Gasteiger partial charge in [0, 0.05) is 18.3 Å². The van der Waals surface area contributed by atoms with E-state index in [1.807, 2.05) is 0 Å². The third-order valence-electron chi connectivity index (χ3n) is 4.07. The van der Waals surface area contributed by atoms with Crippen LogP contribution in [0.25, 0.3) is 0 Å². The molecule has 0 aliphatic heterocycles. The molecule has 1 fully saturated rings. The highest BCUT2D eigenvalue weighted by Crippen LogP contribution is 2.42. The molecule has 1 N–H and O–H groups in total. The first-order valence-electron chi connectivity index (χ1n) is 6.52. The highest BCUT2D eigenvalue weighted by atomic mass is 16.1. The highest BCUT2D eigenvalue weighted by Gasteiger charge is 2.31. The van der Waals surface area contributed by atoms with Gasteiger partial charge in [-0.05, 0) is 37.0 Å². The molecule has 1 saturated carbocycles. The minimum atomic E-state index is -0.00768. The molecule has 1 aliphatic rings. The molecule has 1 aromatic heterocycles. The number of nitrogens with one attached hydrogen (secondary N) is 1. The van der Waals surface area contributed by atoms with E-state index in [0.717, 1.165) is 24.5 Å². The van der Waals surface area contributed by atoms with Gasteiger partial charge in [-0.3, -0.25) is 9.78 Å². The van der Waals surface area contributed by atoms with Crippen molar-refractivity contribution in [3.8, 4) is 0 Å². The van der Waals surface area contributed by atoms with Crippen molar-refractivity contribution >= 4 is 0 Å². The number of hydrogen-bond donors (Lipinski definition) is 1. The number of aromatic nitrogens is 2. The van der Waals surface area contributed by atoms with Gasteiger partial charge in [0.15, 0.2) is 0 Å². The summed E-state index contributed by atoms with van der Waals surface area (Å²) in [6.45, 7) is 6.93. The lowest BCUT2D eigenvalue weighted by Gasteiger charge is -2.36. The molecule has 94 valence electrons. The van der Waals surface area contributed by atoms with Crippen LogP contribution in [0.4, 0.5) is 0 Å². The predicted molar refractivity (Wildman–Crippen MR) is 69.0 cm³/mol. The number of H-pyrrole nitrogens is 1. The van der Waals surface area contributed by atoms with Gasteiger partial charge in [-0.2, -0.15) is 0 Å². The Labute approximate surface area is 103 Å². The maximum absolute atomic E-state index is 11.7. The average molecular weight is 234 g/mol. The second-order valence-corrected chi connectivity index (χ2v) is 6.22. The van der Waals surface area contributed by atoms with Crippen molar-refractivity contribution in [2.75, 3.05) is 0 Å². The minimum absolute atomic E-state index is 0.00768. The zero-order chi connectivity index (χ0) is 12.5. The first-order chi connectivity index (χ1) is 7.98. The van der Waals surface area contributed by atoms with Crippen LogP contribution >= 0.6 is 0 Å². The maximum atomic E-state index is 11.7. The lowest BCUT2D eigenvalue weighted by atomic mass is 9.69. The predicted octanol–water partition coefficient (Wildman–Crippen LogP) is 3.09. The quantitative estimate of drug-likeness (QED) is 0.811. The van der Waals surface area contributed by atoms with E-state index in [1.165, 1.54) is 12.8 Å². The van der Waals surface area contributed by atoms with Gasteiger partial charge in [0.25, 0.3) is 5.56 Å². The molecule has 1 aromatic rings. The van der Waals surface area contributed by atoms with Crippen molar-refractivity contribution in [2.24, 2.45) is 11.3 Å². The summed E-state index contributed by atoms with van der Waals surface area (Å²) in [5.74, 6) is 1.14. The molecule has 0 atom stereocenters. The molecular formula is C14H22N2O. The average Bonchev–Trinajstić information content (AvgIpc) is 2.29. The summed E-state index contributed by atoms with van der Waals surface area (Å²) in [6, 6.07) is 0. The molecule has 17 heavy (non-hydrogen) atoms. The molecule has 3 nitrogen and oxygen atoms in total. The Kier molecular flexibility index (Phi) is 3.36. The Morgan fingerprint density at radius 2 is 1.88 bits per heavy atom. The highest BCUT2D eigenvalue weighted by molar-refractivity contribution is 5.05. The van der Waals surface area contributed by atoms with Crippen LogP contribution in [-0.4, -0.2) is 9.97 Å². The third-order valence-corrected chi connectivity index (χ3v) is 4.07. The van der Waals surface area contributed by atoms with E-state index in [2.05, 4.69) is 30.7 Å². The number of hydrogen-bond acceptors (Lipinski definition) is 2. The van der Waals surface area contributed by atoms with Crippen molar-refractivity contribution in [1.29, 1.82) is 0 Å². The Balaban J connectivity index is 2.05. The molecule has 1 heterocycles. The van der Waals surface area contributed by atoms with Crippen LogP contribution in [0.2, 0.25) is 0 Å². The second kappa shape index (κ2) is 4.63. The van der Waals surface area contributed by atoms with E-state index >= 15 is 0 Å². The van der Waals surface area contributed by atoms with E-state index in [0.29, 0.717) is 11.3 Å². The van der Waals surface area contributed by atoms with Crippen molar-refractivity contribution < 1.29 is 0 Å². The van der Waals surface area contributed by atoms with E-state index in [4.69, 9.17) is 0 Å². The van der Waals surface area contributed by atoms with Gasteiger partial charge in [0.05, 0.1) is 0 Å². The lowest BCUT2D eigenvalue weighted by molar-refractivity contribution is 0.168. The zero-order valence-corrected chi connectivity index (χ0v) is 11.0. The summed E-state index contributed by atoms with van der Waals surface area (Å²) in [5.41, 5.74) is 1.12. The van der Waals surface area contributed by atoms with Crippen LogP contribution in [0.3, 0.4) is 0 Å². The van der Waals surface area contributed by atoms with Gasteiger partial charge >= 0.3 is 0 Å². The second-order valence-electron chi connectivity index (χ2n) is 6.22. The summed E-state index contributed by atoms with van der Waals surface area (Å²) in [7, 11) is 0. The fourth-order valence-electron chi connectivity index (χ4n) is 2.89. The first-order valence-corrected chi connectivity index (χ1v) is 6.52. The number of nitrogens with zero attached hydrogens (tertiary/aromatic N) is 1. The van der Waals surface area contributed by atoms with Crippen LogP contribution in [0, 0.1) is 11.3 Å². The van der Waals surface area contributed by atoms with Crippen molar-refractivity contribution in [3.63, 3.8) is 0 Å². The van der Waals surface area contributed by atoms with Crippen LogP contribution in [0.1, 0.15) is 58.1 Å². The third kappa shape index (κ3) is 2.76. The summed E-state index contributed by atoms with van der Waals surface area (Å²) < 4.78 is 0. The molecule has 0 saturated heterocycles. The van der Waals surface area contributed by atoms with Crippen molar-refractivity contribution in [3.05, 3.63) is 28.4 Å². The lowest BCUT2D eigenvalue weighted by Crippen LogP contribution is -2.27. The SMILES string of the molecule is CC(C)(C)C1CCC(c2ncc[nH]c2=O)CC1. The smallest absolute Gasteiger partial charge is 0.269 e. The molecule has 0 aromatic carbocycles. The standard InChI is InChI=1S/C14H22N2O/c1-14(2,3)11-6-4-10(5-7-11)12-13(17)16-9-8-15-12/h8-11H,4-7H2,1-3H3,(H,16,17). The summed E-state index contributed by atoms with van der Waals surface area (Å²) in [4.78, 5) is 18.6.